The molecule has 0 spiro atoms. The fourth-order valence-electron chi connectivity index (χ4n) is 5.75. The Morgan fingerprint density at radius 3 is 1.74 bits per heavy atom. The van der Waals surface area contributed by atoms with Gasteiger partial charge in [0.2, 0.25) is 0 Å². The summed E-state index contributed by atoms with van der Waals surface area (Å²) in [6.45, 7) is 0. The Balaban J connectivity index is 2.09. The van der Waals surface area contributed by atoms with Gasteiger partial charge in [-0.15, -0.1) is 16.4 Å². The van der Waals surface area contributed by atoms with Gasteiger partial charge in [-0.05, 0) is 29.3 Å². The molecule has 0 unspecified atom stereocenters. The lowest BCUT2D eigenvalue weighted by Gasteiger charge is -2.21. The fourth-order valence-corrected chi connectivity index (χ4v) is 5.99. The van der Waals surface area contributed by atoms with Crippen molar-refractivity contribution in [1.29, 1.82) is 0 Å². The Bertz CT molecular complexity index is 1610. The van der Waals surface area contributed by atoms with E-state index in [9.17, 15) is 0 Å². The van der Waals surface area contributed by atoms with Crippen LogP contribution in [0.4, 0.5) is 0 Å². The van der Waals surface area contributed by atoms with Crippen LogP contribution in [0.2, 0.25) is 5.02 Å². The van der Waals surface area contributed by atoms with E-state index in [1.807, 2.05) is 0 Å². The Hall–Kier alpha value is -2.51. The standard InChI is InChI=1S/C24H24B8ClN/c25-15-13(16(26)19(29)20(30)18(15)28)10-7-4-8-11-12(10)14-17(27)23(33)21(31)22(32)24(14)34(11)9-5-2-1-3-6-9/h1-8H,25-32H2. The third kappa shape index (κ3) is 3.13. The first-order chi connectivity index (χ1) is 16.2. The molecule has 0 bridgehead atoms. The van der Waals surface area contributed by atoms with E-state index < -0.39 is 0 Å². The van der Waals surface area contributed by atoms with Gasteiger partial charge in [0.15, 0.2) is 0 Å². The average Bonchev–Trinajstić information content (AvgIpc) is 3.20. The summed E-state index contributed by atoms with van der Waals surface area (Å²) in [5.41, 5.74) is 16.7. The molecule has 0 aliphatic rings. The Labute approximate surface area is 214 Å². The van der Waals surface area contributed by atoms with Crippen LogP contribution in [0.5, 0.6) is 0 Å². The molecule has 0 saturated carbocycles. The van der Waals surface area contributed by atoms with Crippen molar-refractivity contribution in [2.45, 2.75) is 0 Å². The molecule has 1 heterocycles. The SMILES string of the molecule is Bc1c(B)c(B)c(-c2cccc3c2c2c(B)c(Cl)c(B)c(B)c2n3-c2ccccc2)c(B)c1B. The summed E-state index contributed by atoms with van der Waals surface area (Å²) >= 11 is 6.94. The van der Waals surface area contributed by atoms with Crippen molar-refractivity contribution < 1.29 is 0 Å². The number of benzene rings is 4. The number of fused-ring (bicyclic) bond motifs is 3. The first-order valence-electron chi connectivity index (χ1n) is 12.0. The highest BCUT2D eigenvalue weighted by molar-refractivity contribution is 6.69. The summed E-state index contributed by atoms with van der Waals surface area (Å²) in [5, 5.41) is 3.42. The number of hydrogen-bond donors (Lipinski definition) is 0. The van der Waals surface area contributed by atoms with Crippen LogP contribution in [-0.4, -0.2) is 67.3 Å². The quantitative estimate of drug-likeness (QED) is 0.237. The molecule has 5 aromatic rings. The van der Waals surface area contributed by atoms with Gasteiger partial charge < -0.3 is 4.57 Å². The maximum atomic E-state index is 6.94. The zero-order chi connectivity index (χ0) is 24.5. The zero-order valence-corrected chi connectivity index (χ0v) is 22.2. The summed E-state index contributed by atoms with van der Waals surface area (Å²) in [7, 11) is 17.8. The molecule has 0 atom stereocenters. The smallest absolute Gasteiger partial charge is 0.142 e. The molecule has 156 valence electrons. The van der Waals surface area contributed by atoms with Crippen molar-refractivity contribution in [3.8, 4) is 16.8 Å². The third-order valence-electron chi connectivity index (χ3n) is 8.23. The van der Waals surface area contributed by atoms with Crippen LogP contribution >= 0.6 is 11.6 Å². The molecule has 0 amide bonds. The van der Waals surface area contributed by atoms with Crippen LogP contribution in [0.3, 0.4) is 0 Å². The lowest BCUT2D eigenvalue weighted by Crippen LogP contribution is -2.55. The van der Waals surface area contributed by atoms with Crippen molar-refractivity contribution in [3.05, 3.63) is 53.6 Å². The van der Waals surface area contributed by atoms with E-state index in [2.05, 4.69) is 116 Å². The van der Waals surface area contributed by atoms with E-state index in [1.165, 1.54) is 71.4 Å². The summed E-state index contributed by atoms with van der Waals surface area (Å²) < 4.78 is 2.43. The minimum atomic E-state index is 0.872. The Morgan fingerprint density at radius 1 is 0.529 bits per heavy atom. The largest absolute Gasteiger partial charge is 0.310 e. The molecular weight excluding hydrogens is 424 g/mol. The van der Waals surface area contributed by atoms with E-state index in [4.69, 9.17) is 11.6 Å². The summed E-state index contributed by atoms with van der Waals surface area (Å²) in [6.07, 6.45) is 0. The number of halogens is 1. The topological polar surface area (TPSA) is 4.93 Å². The van der Waals surface area contributed by atoms with Crippen molar-refractivity contribution >= 4 is 140 Å². The predicted molar refractivity (Wildman–Crippen MR) is 177 cm³/mol. The van der Waals surface area contributed by atoms with E-state index in [-0.39, 0.29) is 0 Å². The van der Waals surface area contributed by atoms with Gasteiger partial charge in [-0.3, -0.25) is 0 Å². The van der Waals surface area contributed by atoms with Crippen LogP contribution in [0.15, 0.2) is 48.5 Å². The second-order valence-electron chi connectivity index (χ2n) is 9.78. The zero-order valence-electron chi connectivity index (χ0n) is 21.4. The molecule has 1 nitrogen and oxygen atoms in total. The van der Waals surface area contributed by atoms with Crippen molar-refractivity contribution in [2.75, 3.05) is 0 Å². The third-order valence-corrected chi connectivity index (χ3v) is 8.80. The molecule has 5 rings (SSSR count). The molecular formula is C24H24B8ClN. The van der Waals surface area contributed by atoms with E-state index in [1.54, 1.807) is 0 Å². The second kappa shape index (κ2) is 8.31. The Kier molecular flexibility index (Phi) is 5.68. The van der Waals surface area contributed by atoms with Gasteiger partial charge in [-0.1, -0.05) is 69.2 Å². The first kappa shape index (κ1) is 23.2. The van der Waals surface area contributed by atoms with E-state index in [0.29, 0.717) is 0 Å². The molecule has 4 aromatic carbocycles. The minimum absolute atomic E-state index is 0.872. The number of rotatable bonds is 2. The summed E-state index contributed by atoms with van der Waals surface area (Å²) in [4.78, 5) is 0. The van der Waals surface area contributed by atoms with Crippen LogP contribution in [-0.2, 0) is 0 Å². The minimum Gasteiger partial charge on any atom is -0.310 e. The fraction of sp³-hybridized carbons (Fsp3) is 0. The van der Waals surface area contributed by atoms with E-state index in [0.717, 1.165) is 15.9 Å². The van der Waals surface area contributed by atoms with Gasteiger partial charge in [0.25, 0.3) is 0 Å². The first-order valence-corrected chi connectivity index (χ1v) is 12.4. The average molecular weight is 448 g/mol. The van der Waals surface area contributed by atoms with Gasteiger partial charge in [-0.2, -0.15) is 0 Å². The van der Waals surface area contributed by atoms with Gasteiger partial charge in [-0.25, -0.2) is 0 Å². The van der Waals surface area contributed by atoms with Gasteiger partial charge in [0.1, 0.15) is 62.8 Å². The van der Waals surface area contributed by atoms with Gasteiger partial charge in [0.05, 0.1) is 5.52 Å². The van der Waals surface area contributed by atoms with Crippen LogP contribution < -0.4 is 43.7 Å². The van der Waals surface area contributed by atoms with Crippen molar-refractivity contribution in [3.63, 3.8) is 0 Å². The Morgan fingerprint density at radius 2 is 1.12 bits per heavy atom. The molecule has 0 aliphatic carbocycles. The monoisotopic (exact) mass is 449 g/mol. The molecule has 0 N–H and O–H groups in total. The van der Waals surface area contributed by atoms with Crippen molar-refractivity contribution in [2.24, 2.45) is 0 Å². The summed E-state index contributed by atoms with van der Waals surface area (Å²) in [6, 6.07) is 17.5. The molecule has 0 saturated heterocycles. The second-order valence-corrected chi connectivity index (χ2v) is 10.2. The molecule has 0 radical (unpaired) electrons. The molecule has 1 aromatic heterocycles. The highest BCUT2D eigenvalue weighted by atomic mass is 35.5. The summed E-state index contributed by atoms with van der Waals surface area (Å²) in [5.74, 6) is 0. The van der Waals surface area contributed by atoms with Gasteiger partial charge in [0, 0.05) is 27.0 Å². The number of nitrogens with zero attached hydrogens (tertiary/aromatic N) is 1. The van der Waals surface area contributed by atoms with Crippen molar-refractivity contribution in [1.82, 2.24) is 4.57 Å². The van der Waals surface area contributed by atoms with Crippen LogP contribution in [0, 0.1) is 0 Å². The highest BCUT2D eigenvalue weighted by Gasteiger charge is 2.23. The lowest BCUT2D eigenvalue weighted by molar-refractivity contribution is 1.19. The molecule has 0 aliphatic heterocycles. The molecule has 34 heavy (non-hydrogen) atoms. The molecule has 0 fully saturated rings. The van der Waals surface area contributed by atoms with Gasteiger partial charge >= 0.3 is 0 Å². The maximum absolute atomic E-state index is 6.94. The predicted octanol–water partition coefficient (Wildman–Crippen LogP) is -6.83. The van der Waals surface area contributed by atoms with Crippen LogP contribution in [0.25, 0.3) is 38.6 Å². The lowest BCUT2D eigenvalue weighted by atomic mass is 9.59. The van der Waals surface area contributed by atoms with Crippen LogP contribution in [0.1, 0.15) is 0 Å². The highest BCUT2D eigenvalue weighted by Crippen LogP contribution is 2.36. The molecule has 10 heteroatoms. The van der Waals surface area contributed by atoms with E-state index >= 15 is 0 Å². The number of aromatic nitrogens is 1. The number of para-hydroxylation sites is 1. The normalized spacial score (nSPS) is 11.4. The number of hydrogen-bond acceptors (Lipinski definition) is 0. The maximum Gasteiger partial charge on any atom is 0.142 e.